The highest BCUT2D eigenvalue weighted by molar-refractivity contribution is 5.96. The first-order valence-corrected chi connectivity index (χ1v) is 9.74. The van der Waals surface area contributed by atoms with Gasteiger partial charge in [-0.1, -0.05) is 19.4 Å². The molecule has 0 fully saturated rings. The van der Waals surface area contributed by atoms with Crippen LogP contribution in [-0.4, -0.2) is 22.0 Å². The van der Waals surface area contributed by atoms with E-state index in [0.717, 1.165) is 52.0 Å². The number of aromatic nitrogens is 2. The Labute approximate surface area is 166 Å². The van der Waals surface area contributed by atoms with Gasteiger partial charge in [0, 0.05) is 40.0 Å². The molecule has 0 saturated heterocycles. The Bertz CT molecular complexity index is 1010. The summed E-state index contributed by atoms with van der Waals surface area (Å²) in [5, 5.41) is 1.10. The normalized spacial score (nSPS) is 12.8. The van der Waals surface area contributed by atoms with Gasteiger partial charge in [-0.2, -0.15) is 0 Å². The number of aliphatic imine (C=N–C) groups is 1. The number of H-pyrrole nitrogens is 1. The molecule has 0 spiro atoms. The number of amidine groups is 1. The minimum atomic E-state index is 0.0820. The number of nitrogens with one attached hydrogen (secondary N) is 1. The van der Waals surface area contributed by atoms with Crippen molar-refractivity contribution in [3.05, 3.63) is 59.9 Å². The van der Waals surface area contributed by atoms with Crippen molar-refractivity contribution < 1.29 is 4.74 Å². The lowest BCUT2D eigenvalue weighted by Crippen LogP contribution is -2.17. The van der Waals surface area contributed by atoms with Gasteiger partial charge in [0.2, 0.25) is 0 Å². The molecule has 5 nitrogen and oxygen atoms in total. The average molecular weight is 377 g/mol. The fraction of sp³-hybridized carbons (Fsp3) is 0.304. The standard InChI is InChI=1S/C23H28N4O/c1-5-6-10-22(28-23(24)26-15(2)3)17-11-12-20-18(13-17)19(14-25-20)21-9-7-8-16(4)27-21/h7-15,25H,5-6H2,1-4H3,(H2,24,26)/b22-10+. The van der Waals surface area contributed by atoms with Crippen molar-refractivity contribution in [2.75, 3.05) is 0 Å². The Morgan fingerprint density at radius 3 is 2.82 bits per heavy atom. The smallest absolute Gasteiger partial charge is 0.287 e. The Balaban J connectivity index is 2.04. The number of pyridine rings is 1. The third-order valence-electron chi connectivity index (χ3n) is 4.35. The van der Waals surface area contributed by atoms with Crippen LogP contribution in [0.3, 0.4) is 0 Å². The van der Waals surface area contributed by atoms with Gasteiger partial charge in [-0.25, -0.2) is 4.99 Å². The Kier molecular flexibility index (Phi) is 6.14. The van der Waals surface area contributed by atoms with E-state index in [1.165, 1.54) is 0 Å². The molecule has 3 rings (SSSR count). The van der Waals surface area contributed by atoms with Crippen LogP contribution in [0.2, 0.25) is 0 Å². The van der Waals surface area contributed by atoms with Crippen LogP contribution in [-0.2, 0) is 4.74 Å². The Hall–Kier alpha value is -3.08. The summed E-state index contributed by atoms with van der Waals surface area (Å²) in [6, 6.07) is 12.5. The van der Waals surface area contributed by atoms with Crippen LogP contribution < -0.4 is 5.73 Å². The van der Waals surface area contributed by atoms with Crippen molar-refractivity contribution in [1.29, 1.82) is 0 Å². The van der Waals surface area contributed by atoms with E-state index in [4.69, 9.17) is 10.5 Å². The number of hydrogen-bond acceptors (Lipinski definition) is 3. The molecule has 0 bridgehead atoms. The molecule has 146 valence electrons. The number of benzene rings is 1. The summed E-state index contributed by atoms with van der Waals surface area (Å²) in [5.41, 5.74) is 11.0. The van der Waals surface area contributed by atoms with Crippen LogP contribution in [0.5, 0.6) is 0 Å². The van der Waals surface area contributed by atoms with E-state index < -0.39 is 0 Å². The first kappa shape index (κ1) is 19.7. The predicted octanol–water partition coefficient (Wildman–Crippen LogP) is 5.42. The predicted molar refractivity (Wildman–Crippen MR) is 117 cm³/mol. The van der Waals surface area contributed by atoms with Crippen molar-refractivity contribution in [2.45, 2.75) is 46.6 Å². The number of ether oxygens (including phenoxy) is 1. The van der Waals surface area contributed by atoms with E-state index in [2.05, 4.69) is 40.1 Å². The third kappa shape index (κ3) is 4.60. The highest BCUT2D eigenvalue weighted by Gasteiger charge is 2.12. The molecule has 5 heteroatoms. The summed E-state index contributed by atoms with van der Waals surface area (Å²) in [7, 11) is 0. The van der Waals surface area contributed by atoms with Gasteiger partial charge in [-0.05, 0) is 63.6 Å². The molecule has 28 heavy (non-hydrogen) atoms. The van der Waals surface area contributed by atoms with Gasteiger partial charge in [0.05, 0.1) is 5.69 Å². The molecule has 1 aromatic carbocycles. The molecule has 0 amide bonds. The summed E-state index contributed by atoms with van der Waals surface area (Å²) < 4.78 is 5.90. The van der Waals surface area contributed by atoms with Gasteiger partial charge in [-0.3, -0.25) is 4.98 Å². The number of aryl methyl sites for hydroxylation is 1. The number of unbranched alkanes of at least 4 members (excludes halogenated alkanes) is 1. The maximum Gasteiger partial charge on any atom is 0.287 e. The van der Waals surface area contributed by atoms with E-state index >= 15 is 0 Å². The van der Waals surface area contributed by atoms with Crippen molar-refractivity contribution in [3.63, 3.8) is 0 Å². The largest absolute Gasteiger partial charge is 0.426 e. The topological polar surface area (TPSA) is 76.3 Å². The lowest BCUT2D eigenvalue weighted by Gasteiger charge is -2.11. The molecule has 0 atom stereocenters. The minimum Gasteiger partial charge on any atom is -0.426 e. The van der Waals surface area contributed by atoms with E-state index in [1.807, 2.05) is 51.2 Å². The highest BCUT2D eigenvalue weighted by atomic mass is 16.5. The van der Waals surface area contributed by atoms with Gasteiger partial charge in [0.15, 0.2) is 0 Å². The zero-order valence-electron chi connectivity index (χ0n) is 17.0. The molecular formula is C23H28N4O. The molecule has 0 radical (unpaired) electrons. The Morgan fingerprint density at radius 2 is 2.11 bits per heavy atom. The number of rotatable bonds is 6. The van der Waals surface area contributed by atoms with E-state index in [1.54, 1.807) is 0 Å². The van der Waals surface area contributed by atoms with Crippen LogP contribution >= 0.6 is 0 Å². The SMILES string of the molecule is CCC/C=C(/OC(N)=NC(C)C)c1ccc2[nH]cc(-c3cccc(C)n3)c2c1. The number of allylic oxidation sites excluding steroid dienone is 1. The summed E-state index contributed by atoms with van der Waals surface area (Å²) in [6.45, 7) is 8.08. The Morgan fingerprint density at radius 1 is 1.29 bits per heavy atom. The molecule has 2 aromatic heterocycles. The molecule has 0 aliphatic rings. The van der Waals surface area contributed by atoms with Crippen LogP contribution in [0.1, 0.15) is 44.9 Å². The molecule has 3 aromatic rings. The zero-order valence-corrected chi connectivity index (χ0v) is 17.0. The quantitative estimate of drug-likeness (QED) is 0.343. The molecule has 3 N–H and O–H groups in total. The van der Waals surface area contributed by atoms with Crippen molar-refractivity contribution >= 4 is 22.7 Å². The zero-order chi connectivity index (χ0) is 20.1. The summed E-state index contributed by atoms with van der Waals surface area (Å²) in [5.74, 6) is 0.731. The second-order valence-corrected chi connectivity index (χ2v) is 7.15. The minimum absolute atomic E-state index is 0.0820. The molecular weight excluding hydrogens is 348 g/mol. The van der Waals surface area contributed by atoms with Crippen LogP contribution in [0.15, 0.2) is 53.7 Å². The molecule has 2 heterocycles. The maximum atomic E-state index is 5.99. The van der Waals surface area contributed by atoms with Gasteiger partial charge in [0.1, 0.15) is 5.76 Å². The van der Waals surface area contributed by atoms with Crippen molar-refractivity contribution in [2.24, 2.45) is 10.7 Å². The second kappa shape index (κ2) is 8.74. The molecule has 0 unspecified atom stereocenters. The summed E-state index contributed by atoms with van der Waals surface area (Å²) in [4.78, 5) is 12.3. The van der Waals surface area contributed by atoms with E-state index in [-0.39, 0.29) is 12.1 Å². The number of fused-ring (bicyclic) bond motifs is 1. The van der Waals surface area contributed by atoms with Crippen LogP contribution in [0, 0.1) is 6.92 Å². The average Bonchev–Trinajstić information content (AvgIpc) is 3.07. The summed E-state index contributed by atoms with van der Waals surface area (Å²) >= 11 is 0. The summed E-state index contributed by atoms with van der Waals surface area (Å²) in [6.07, 6.45) is 6.00. The van der Waals surface area contributed by atoms with Gasteiger partial charge in [0.25, 0.3) is 6.02 Å². The monoisotopic (exact) mass is 376 g/mol. The van der Waals surface area contributed by atoms with E-state index in [9.17, 15) is 0 Å². The number of nitrogens with zero attached hydrogens (tertiary/aromatic N) is 2. The number of nitrogens with two attached hydrogens (primary N) is 1. The maximum absolute atomic E-state index is 5.99. The first-order valence-electron chi connectivity index (χ1n) is 9.74. The van der Waals surface area contributed by atoms with Gasteiger partial charge in [-0.15, -0.1) is 0 Å². The van der Waals surface area contributed by atoms with Gasteiger partial charge < -0.3 is 15.5 Å². The fourth-order valence-electron chi connectivity index (χ4n) is 3.07. The van der Waals surface area contributed by atoms with Crippen molar-refractivity contribution in [3.8, 4) is 11.3 Å². The highest BCUT2D eigenvalue weighted by Crippen LogP contribution is 2.30. The van der Waals surface area contributed by atoms with Crippen molar-refractivity contribution in [1.82, 2.24) is 9.97 Å². The molecule has 0 saturated carbocycles. The first-order chi connectivity index (χ1) is 13.5. The lowest BCUT2D eigenvalue weighted by atomic mass is 10.0. The van der Waals surface area contributed by atoms with E-state index in [0.29, 0.717) is 0 Å². The lowest BCUT2D eigenvalue weighted by molar-refractivity contribution is 0.489. The third-order valence-corrected chi connectivity index (χ3v) is 4.35. The number of hydrogen-bond donors (Lipinski definition) is 2. The second-order valence-electron chi connectivity index (χ2n) is 7.15. The van der Waals surface area contributed by atoms with Crippen LogP contribution in [0.4, 0.5) is 0 Å². The molecule has 0 aliphatic heterocycles. The van der Waals surface area contributed by atoms with Crippen LogP contribution in [0.25, 0.3) is 27.9 Å². The molecule has 0 aliphatic carbocycles. The van der Waals surface area contributed by atoms with Gasteiger partial charge >= 0.3 is 0 Å². The fourth-order valence-corrected chi connectivity index (χ4v) is 3.07. The number of aromatic amines is 1.